The lowest BCUT2D eigenvalue weighted by molar-refractivity contribution is -0.138. The van der Waals surface area contributed by atoms with Crippen LogP contribution in [0.25, 0.3) is 0 Å². The van der Waals surface area contributed by atoms with Gasteiger partial charge in [0.25, 0.3) is 11.8 Å². The van der Waals surface area contributed by atoms with Gasteiger partial charge in [0.05, 0.1) is 6.04 Å². The summed E-state index contributed by atoms with van der Waals surface area (Å²) >= 11 is 0. The zero-order valence-electron chi connectivity index (χ0n) is 9.37. The molecule has 0 bridgehead atoms. The quantitative estimate of drug-likeness (QED) is 0.580. The summed E-state index contributed by atoms with van der Waals surface area (Å²) in [4.78, 5) is 24.3. The summed E-state index contributed by atoms with van der Waals surface area (Å²) in [5.41, 5.74) is 1.07. The first-order valence-corrected chi connectivity index (χ1v) is 5.44. The molecule has 2 rings (SSSR count). The molecule has 0 aliphatic carbocycles. The number of hydrogen-bond acceptors (Lipinski definition) is 2. The van der Waals surface area contributed by atoms with Gasteiger partial charge in [-0.05, 0) is 12.0 Å². The summed E-state index contributed by atoms with van der Waals surface area (Å²) in [6, 6.07) is 9.44. The summed E-state index contributed by atoms with van der Waals surface area (Å²) in [5.74, 6) is -0.535. The summed E-state index contributed by atoms with van der Waals surface area (Å²) in [7, 11) is 0. The molecule has 1 aromatic rings. The Labute approximate surface area is 100 Å². The minimum Gasteiger partial charge on any atom is -0.269 e. The van der Waals surface area contributed by atoms with Crippen molar-refractivity contribution in [1.82, 2.24) is 4.90 Å². The Morgan fingerprint density at radius 1 is 1.12 bits per heavy atom. The molecule has 0 saturated carbocycles. The highest BCUT2D eigenvalue weighted by Crippen LogP contribution is 2.14. The SMILES string of the molecule is C=CC(Cc1ccccc1)N1C(=O)C=CC1=O. The molecule has 1 heterocycles. The highest BCUT2D eigenvalue weighted by molar-refractivity contribution is 6.13. The first-order valence-electron chi connectivity index (χ1n) is 5.44. The van der Waals surface area contributed by atoms with E-state index in [4.69, 9.17) is 0 Å². The van der Waals surface area contributed by atoms with E-state index in [1.165, 1.54) is 17.1 Å². The van der Waals surface area contributed by atoms with E-state index >= 15 is 0 Å². The minimum atomic E-state index is -0.285. The zero-order valence-corrected chi connectivity index (χ0v) is 9.37. The fourth-order valence-electron chi connectivity index (χ4n) is 1.87. The molecule has 1 aromatic carbocycles. The molecule has 17 heavy (non-hydrogen) atoms. The highest BCUT2D eigenvalue weighted by Gasteiger charge is 2.29. The number of hydrogen-bond donors (Lipinski definition) is 0. The molecule has 1 atom stereocenters. The first kappa shape index (κ1) is 11.3. The molecule has 1 unspecified atom stereocenters. The molecular weight excluding hydrogens is 214 g/mol. The van der Waals surface area contributed by atoms with Crippen molar-refractivity contribution in [3.8, 4) is 0 Å². The van der Waals surface area contributed by atoms with E-state index in [2.05, 4.69) is 6.58 Å². The first-order chi connectivity index (χ1) is 8.22. The smallest absolute Gasteiger partial charge is 0.254 e. The van der Waals surface area contributed by atoms with Gasteiger partial charge in [-0.15, -0.1) is 6.58 Å². The summed E-state index contributed by atoms with van der Waals surface area (Å²) in [5, 5.41) is 0. The highest BCUT2D eigenvalue weighted by atomic mass is 16.2. The molecule has 86 valence electrons. The molecule has 3 heteroatoms. The van der Waals surface area contributed by atoms with Crippen LogP contribution in [0.5, 0.6) is 0 Å². The van der Waals surface area contributed by atoms with Crippen LogP contribution < -0.4 is 0 Å². The van der Waals surface area contributed by atoms with Crippen molar-refractivity contribution in [2.45, 2.75) is 12.5 Å². The Kier molecular flexibility index (Phi) is 3.19. The number of carbonyl (C=O) groups is 2. The molecule has 1 aliphatic heterocycles. The van der Waals surface area contributed by atoms with E-state index in [1.54, 1.807) is 6.08 Å². The summed E-state index contributed by atoms with van der Waals surface area (Å²) < 4.78 is 0. The van der Waals surface area contributed by atoms with Gasteiger partial charge in [0.2, 0.25) is 0 Å². The van der Waals surface area contributed by atoms with Crippen LogP contribution >= 0.6 is 0 Å². The van der Waals surface area contributed by atoms with Crippen LogP contribution in [0.15, 0.2) is 55.1 Å². The Morgan fingerprint density at radius 3 is 2.24 bits per heavy atom. The Balaban J connectivity index is 2.15. The van der Waals surface area contributed by atoms with Crippen molar-refractivity contribution in [2.24, 2.45) is 0 Å². The second kappa shape index (κ2) is 4.78. The number of imide groups is 1. The van der Waals surface area contributed by atoms with E-state index in [0.29, 0.717) is 6.42 Å². The summed E-state index contributed by atoms with van der Waals surface area (Å²) in [6.07, 6.45) is 4.83. The molecule has 1 aliphatic rings. The molecule has 0 saturated heterocycles. The van der Waals surface area contributed by atoms with Crippen LogP contribution in [-0.4, -0.2) is 22.8 Å². The molecule has 0 aromatic heterocycles. The van der Waals surface area contributed by atoms with E-state index in [1.807, 2.05) is 30.3 Å². The average Bonchev–Trinajstić information content (AvgIpc) is 2.68. The second-order valence-electron chi connectivity index (χ2n) is 3.87. The molecule has 0 radical (unpaired) electrons. The van der Waals surface area contributed by atoms with Crippen LogP contribution in [-0.2, 0) is 16.0 Å². The fourth-order valence-corrected chi connectivity index (χ4v) is 1.87. The van der Waals surface area contributed by atoms with E-state index in [-0.39, 0.29) is 17.9 Å². The lowest BCUT2D eigenvalue weighted by Crippen LogP contribution is -2.40. The van der Waals surface area contributed by atoms with Gasteiger partial charge in [0.15, 0.2) is 0 Å². The lowest BCUT2D eigenvalue weighted by atomic mass is 10.0. The van der Waals surface area contributed by atoms with Crippen molar-refractivity contribution >= 4 is 11.8 Å². The largest absolute Gasteiger partial charge is 0.269 e. The van der Waals surface area contributed by atoms with Gasteiger partial charge in [0.1, 0.15) is 0 Å². The summed E-state index contributed by atoms with van der Waals surface area (Å²) in [6.45, 7) is 3.70. The topological polar surface area (TPSA) is 37.4 Å². The minimum absolute atomic E-state index is 0.268. The van der Waals surface area contributed by atoms with Crippen LogP contribution in [0.4, 0.5) is 0 Å². The van der Waals surface area contributed by atoms with E-state index in [9.17, 15) is 9.59 Å². The van der Waals surface area contributed by atoms with E-state index < -0.39 is 0 Å². The Morgan fingerprint density at radius 2 is 1.71 bits per heavy atom. The third kappa shape index (κ3) is 2.33. The maximum absolute atomic E-state index is 11.5. The van der Waals surface area contributed by atoms with Crippen molar-refractivity contribution in [1.29, 1.82) is 0 Å². The maximum atomic E-state index is 11.5. The molecule has 2 amide bonds. The number of benzene rings is 1. The van der Waals surface area contributed by atoms with Gasteiger partial charge in [0, 0.05) is 12.2 Å². The van der Waals surface area contributed by atoms with Gasteiger partial charge in [-0.3, -0.25) is 14.5 Å². The van der Waals surface area contributed by atoms with Crippen LogP contribution in [0.1, 0.15) is 5.56 Å². The standard InChI is InChI=1S/C14H13NO2/c1-2-12(10-11-6-4-3-5-7-11)15-13(16)8-9-14(15)17/h2-9,12H,1,10H2. The van der Waals surface area contributed by atoms with Gasteiger partial charge in [-0.25, -0.2) is 0 Å². The number of amides is 2. The van der Waals surface area contributed by atoms with E-state index in [0.717, 1.165) is 5.56 Å². The fraction of sp³-hybridized carbons (Fsp3) is 0.143. The molecule has 3 nitrogen and oxygen atoms in total. The van der Waals surface area contributed by atoms with Gasteiger partial charge >= 0.3 is 0 Å². The van der Waals surface area contributed by atoms with Crippen LogP contribution in [0.3, 0.4) is 0 Å². The third-order valence-corrected chi connectivity index (χ3v) is 2.73. The zero-order chi connectivity index (χ0) is 12.3. The van der Waals surface area contributed by atoms with Crippen LogP contribution in [0.2, 0.25) is 0 Å². The second-order valence-corrected chi connectivity index (χ2v) is 3.87. The Hall–Kier alpha value is -2.16. The normalized spacial score (nSPS) is 16.4. The van der Waals surface area contributed by atoms with Crippen LogP contribution in [0, 0.1) is 0 Å². The number of carbonyl (C=O) groups excluding carboxylic acids is 2. The predicted molar refractivity (Wildman–Crippen MR) is 65.1 cm³/mol. The average molecular weight is 227 g/mol. The molecule has 0 fully saturated rings. The lowest BCUT2D eigenvalue weighted by Gasteiger charge is -2.23. The molecular formula is C14H13NO2. The van der Waals surface area contributed by atoms with Crippen molar-refractivity contribution in [3.63, 3.8) is 0 Å². The molecule has 0 spiro atoms. The van der Waals surface area contributed by atoms with Gasteiger partial charge in [-0.2, -0.15) is 0 Å². The monoisotopic (exact) mass is 227 g/mol. The number of nitrogens with zero attached hydrogens (tertiary/aromatic N) is 1. The van der Waals surface area contributed by atoms with Crippen molar-refractivity contribution in [3.05, 3.63) is 60.7 Å². The third-order valence-electron chi connectivity index (χ3n) is 2.73. The van der Waals surface area contributed by atoms with Crippen molar-refractivity contribution < 1.29 is 9.59 Å². The maximum Gasteiger partial charge on any atom is 0.254 e. The molecule has 0 N–H and O–H groups in total. The van der Waals surface area contributed by atoms with Gasteiger partial charge < -0.3 is 0 Å². The number of rotatable bonds is 4. The van der Waals surface area contributed by atoms with Crippen molar-refractivity contribution in [2.75, 3.05) is 0 Å². The Bertz CT molecular complexity index is 458. The predicted octanol–water partition coefficient (Wildman–Crippen LogP) is 1.71. The van der Waals surface area contributed by atoms with Gasteiger partial charge in [-0.1, -0.05) is 36.4 Å².